The van der Waals surface area contributed by atoms with E-state index >= 15 is 0 Å². The first kappa shape index (κ1) is 42.4. The molecule has 2 rings (SSSR count). The Hall–Kier alpha value is -2.61. The summed E-state index contributed by atoms with van der Waals surface area (Å²) in [6.07, 6.45) is 31.4. The van der Waals surface area contributed by atoms with Crippen molar-refractivity contribution in [2.45, 2.75) is 168 Å². The Morgan fingerprint density at radius 2 is 0.872 bits per heavy atom. The van der Waals surface area contributed by atoms with E-state index in [1.165, 1.54) is 116 Å². The Morgan fingerprint density at radius 1 is 0.489 bits per heavy atom. The number of benzene rings is 2. The molecule has 0 amide bonds. The maximum Gasteiger partial charge on any atom is 0.0634 e. The Kier molecular flexibility index (Phi) is 27.7. The van der Waals surface area contributed by atoms with Gasteiger partial charge in [-0.3, -0.25) is 9.98 Å². The third kappa shape index (κ3) is 23.4. The van der Waals surface area contributed by atoms with Gasteiger partial charge in [-0.2, -0.15) is 0 Å². The fraction of sp³-hybridized carbons (Fsp3) is 0.591. The zero-order valence-corrected chi connectivity index (χ0v) is 31.2. The van der Waals surface area contributed by atoms with E-state index in [2.05, 4.69) is 93.0 Å². The van der Waals surface area contributed by atoms with Crippen molar-refractivity contribution < 1.29 is 16.5 Å². The number of nitrogens with zero attached hydrogens (tertiary/aromatic N) is 2. The third-order valence-electron chi connectivity index (χ3n) is 8.43. The molecule has 3 heteroatoms. The van der Waals surface area contributed by atoms with Crippen molar-refractivity contribution in [1.82, 2.24) is 0 Å². The fourth-order valence-electron chi connectivity index (χ4n) is 5.45. The predicted octanol–water partition coefficient (Wildman–Crippen LogP) is 13.9. The van der Waals surface area contributed by atoms with E-state index in [0.29, 0.717) is 0 Å². The van der Waals surface area contributed by atoms with Crippen molar-refractivity contribution >= 4 is 23.3 Å². The number of unbranched alkanes of at least 4 members (excludes halogenated alkanes) is 19. The van der Waals surface area contributed by atoms with E-state index in [4.69, 9.17) is 9.98 Å². The molecule has 0 radical (unpaired) electrons. The number of hydrogen-bond acceptors (Lipinski definition) is 2. The van der Waals surface area contributed by atoms with Crippen molar-refractivity contribution in [3.63, 3.8) is 0 Å². The molecular formula is C44H64N2Ni. The molecule has 260 valence electrons. The minimum atomic E-state index is 0. The van der Waals surface area contributed by atoms with Crippen molar-refractivity contribution in [1.29, 1.82) is 0 Å². The normalized spacial score (nSPS) is 11.1. The van der Waals surface area contributed by atoms with Crippen molar-refractivity contribution in [3.05, 3.63) is 59.7 Å². The largest absolute Gasteiger partial charge is 0.255 e. The van der Waals surface area contributed by atoms with Crippen LogP contribution in [-0.4, -0.2) is 11.9 Å². The standard InChI is InChI=1S/C44H64N2.Ni/c1-4-7-10-12-14-16-18-20-22-24-26-28-40-31-35-42(36-32-40)45-39-44(30-9-6-3)46-43-37-33-41(34-38-43)29-27-25-23-21-19-17-15-13-11-8-5-2;/h31-39H,4-25,30H2,1-3H3;. The van der Waals surface area contributed by atoms with Gasteiger partial charge >= 0.3 is 0 Å². The molecule has 47 heavy (non-hydrogen) atoms. The summed E-state index contributed by atoms with van der Waals surface area (Å²) >= 11 is 0. The van der Waals surface area contributed by atoms with Gasteiger partial charge < -0.3 is 0 Å². The second-order valence-corrected chi connectivity index (χ2v) is 12.8. The Morgan fingerprint density at radius 3 is 1.30 bits per heavy atom. The molecule has 0 saturated carbocycles. The summed E-state index contributed by atoms with van der Waals surface area (Å²) in [6.45, 7) is 6.77. The van der Waals surface area contributed by atoms with Crippen molar-refractivity contribution in [2.24, 2.45) is 9.98 Å². The monoisotopic (exact) mass is 678 g/mol. The molecule has 0 unspecified atom stereocenters. The minimum Gasteiger partial charge on any atom is -0.255 e. The summed E-state index contributed by atoms with van der Waals surface area (Å²) in [7, 11) is 0. The average molecular weight is 680 g/mol. The second-order valence-electron chi connectivity index (χ2n) is 12.8. The quantitative estimate of drug-likeness (QED) is 0.0457. The van der Waals surface area contributed by atoms with Gasteiger partial charge in [-0.1, -0.05) is 154 Å². The van der Waals surface area contributed by atoms with Crippen LogP contribution in [0.1, 0.15) is 180 Å². The van der Waals surface area contributed by atoms with Crippen LogP contribution in [0.2, 0.25) is 0 Å². The first-order valence-electron chi connectivity index (χ1n) is 19.0. The van der Waals surface area contributed by atoms with Crippen LogP contribution in [0.5, 0.6) is 0 Å². The zero-order chi connectivity index (χ0) is 32.8. The van der Waals surface area contributed by atoms with E-state index in [-0.39, 0.29) is 16.5 Å². The summed E-state index contributed by atoms with van der Waals surface area (Å²) in [5, 5.41) is 0. The third-order valence-corrected chi connectivity index (χ3v) is 8.43. The summed E-state index contributed by atoms with van der Waals surface area (Å²) in [5.41, 5.74) is 5.03. The molecule has 0 aromatic heterocycles. The molecule has 0 aliphatic rings. The van der Waals surface area contributed by atoms with E-state index in [0.717, 1.165) is 60.3 Å². The smallest absolute Gasteiger partial charge is 0.0634 e. The van der Waals surface area contributed by atoms with Gasteiger partial charge in [0.25, 0.3) is 0 Å². The van der Waals surface area contributed by atoms with Crippen LogP contribution < -0.4 is 0 Å². The molecule has 0 spiro atoms. The number of rotatable bonds is 24. The van der Waals surface area contributed by atoms with Gasteiger partial charge in [0.2, 0.25) is 0 Å². The van der Waals surface area contributed by atoms with E-state index < -0.39 is 0 Å². The fourth-order valence-corrected chi connectivity index (χ4v) is 5.45. The molecule has 0 N–H and O–H groups in total. The Balaban J connectivity index is 0.0000110. The van der Waals surface area contributed by atoms with Gasteiger partial charge in [-0.05, 0) is 74.2 Å². The molecule has 0 saturated heterocycles. The van der Waals surface area contributed by atoms with Crippen LogP contribution in [-0.2, 0) is 16.5 Å². The Labute approximate surface area is 300 Å². The summed E-state index contributed by atoms with van der Waals surface area (Å²) in [5.74, 6) is 13.4. The average Bonchev–Trinajstić information content (AvgIpc) is 3.08. The second kappa shape index (κ2) is 30.7. The van der Waals surface area contributed by atoms with Crippen LogP contribution in [0.25, 0.3) is 0 Å². The van der Waals surface area contributed by atoms with Crippen LogP contribution in [0.15, 0.2) is 58.5 Å². The molecule has 2 aromatic rings. The summed E-state index contributed by atoms with van der Waals surface area (Å²) in [6, 6.07) is 16.6. The SMILES string of the molecule is CCCCCCCCCCCC#Cc1ccc(N=CC(CCCC)=Nc2ccc(C#CCCCCCCCCCCC)cc2)cc1.[Ni]. The molecule has 2 aromatic carbocycles. The predicted molar refractivity (Wildman–Crippen MR) is 205 cm³/mol. The molecule has 0 aliphatic heterocycles. The number of hydrogen-bond donors (Lipinski definition) is 0. The topological polar surface area (TPSA) is 24.7 Å². The molecular weight excluding hydrogens is 615 g/mol. The van der Waals surface area contributed by atoms with Crippen molar-refractivity contribution in [3.8, 4) is 23.7 Å². The van der Waals surface area contributed by atoms with E-state index in [1.807, 2.05) is 6.21 Å². The van der Waals surface area contributed by atoms with Gasteiger partial charge in [-0.15, -0.1) is 0 Å². The summed E-state index contributed by atoms with van der Waals surface area (Å²) < 4.78 is 0. The van der Waals surface area contributed by atoms with Crippen LogP contribution in [0.4, 0.5) is 11.4 Å². The number of aliphatic imine (C=N–C) groups is 2. The molecule has 2 nitrogen and oxygen atoms in total. The van der Waals surface area contributed by atoms with Gasteiger partial charge in [-0.25, -0.2) is 0 Å². The van der Waals surface area contributed by atoms with Gasteiger partial charge in [0.15, 0.2) is 0 Å². The maximum absolute atomic E-state index is 4.92. The van der Waals surface area contributed by atoms with Crippen LogP contribution in [0, 0.1) is 23.7 Å². The maximum atomic E-state index is 4.92. The zero-order valence-electron chi connectivity index (χ0n) is 30.2. The molecule has 0 bridgehead atoms. The molecule has 0 fully saturated rings. The minimum absolute atomic E-state index is 0. The van der Waals surface area contributed by atoms with Crippen molar-refractivity contribution in [2.75, 3.05) is 0 Å². The Bertz CT molecular complexity index is 1200. The van der Waals surface area contributed by atoms with Gasteiger partial charge in [0, 0.05) is 46.7 Å². The van der Waals surface area contributed by atoms with E-state index in [1.54, 1.807) is 0 Å². The first-order chi connectivity index (χ1) is 22.7. The van der Waals surface area contributed by atoms with Gasteiger partial charge in [0.05, 0.1) is 17.1 Å². The van der Waals surface area contributed by atoms with Crippen LogP contribution >= 0.6 is 0 Å². The van der Waals surface area contributed by atoms with E-state index in [9.17, 15) is 0 Å². The molecule has 0 heterocycles. The summed E-state index contributed by atoms with van der Waals surface area (Å²) in [4.78, 5) is 9.66. The first-order valence-corrected chi connectivity index (χ1v) is 19.0. The molecule has 0 aliphatic carbocycles. The van der Waals surface area contributed by atoms with Gasteiger partial charge in [0.1, 0.15) is 0 Å². The van der Waals surface area contributed by atoms with Crippen LogP contribution in [0.3, 0.4) is 0 Å². The molecule has 0 atom stereocenters.